The largest absolute Gasteiger partial charge is 0.497 e. The van der Waals surface area contributed by atoms with Gasteiger partial charge in [0.05, 0.1) is 13.7 Å². The zero-order valence-electron chi connectivity index (χ0n) is 18.8. The standard InChI is InChI=1S/C25H31N3O3/c1-5-28(6-2)15-14-23(29)26-17-22-24(18-10-8-7-9-11-18)21-16-19(31-4)12-13-20(21)25(30)27(22)3/h7-13,16H,5-6,14-15,17H2,1-4H3,(H,26,29). The summed E-state index contributed by atoms with van der Waals surface area (Å²) in [5, 5.41) is 4.46. The molecule has 0 bridgehead atoms. The molecular formula is C25H31N3O3. The number of rotatable bonds is 9. The van der Waals surface area contributed by atoms with Gasteiger partial charge >= 0.3 is 0 Å². The lowest BCUT2D eigenvalue weighted by Gasteiger charge is -2.20. The molecule has 31 heavy (non-hydrogen) atoms. The van der Waals surface area contributed by atoms with Crippen molar-refractivity contribution in [2.75, 3.05) is 26.7 Å². The van der Waals surface area contributed by atoms with E-state index in [4.69, 9.17) is 4.74 Å². The average Bonchev–Trinajstić information content (AvgIpc) is 2.81. The Morgan fingerprint density at radius 1 is 1.06 bits per heavy atom. The highest BCUT2D eigenvalue weighted by atomic mass is 16.5. The number of ether oxygens (including phenoxy) is 1. The number of carbonyl (C=O) groups excluding carboxylic acids is 1. The number of pyridine rings is 1. The number of nitrogens with zero attached hydrogens (tertiary/aromatic N) is 2. The number of aromatic nitrogens is 1. The lowest BCUT2D eigenvalue weighted by molar-refractivity contribution is -0.121. The summed E-state index contributed by atoms with van der Waals surface area (Å²) in [6, 6.07) is 15.4. The third-order valence-corrected chi connectivity index (χ3v) is 5.79. The van der Waals surface area contributed by atoms with Crippen molar-refractivity contribution in [3.05, 3.63) is 64.6 Å². The van der Waals surface area contributed by atoms with Crippen LogP contribution in [0.1, 0.15) is 26.0 Å². The van der Waals surface area contributed by atoms with E-state index in [1.807, 2.05) is 36.4 Å². The summed E-state index contributed by atoms with van der Waals surface area (Å²) >= 11 is 0. The Balaban J connectivity index is 2.03. The minimum absolute atomic E-state index is 0.0240. The lowest BCUT2D eigenvalue weighted by Crippen LogP contribution is -2.32. The number of hydrogen-bond acceptors (Lipinski definition) is 4. The predicted molar refractivity (Wildman–Crippen MR) is 125 cm³/mol. The molecule has 1 aromatic heterocycles. The molecule has 0 aliphatic heterocycles. The summed E-state index contributed by atoms with van der Waals surface area (Å²) in [7, 11) is 3.37. The summed E-state index contributed by atoms with van der Waals surface area (Å²) in [5.41, 5.74) is 2.60. The van der Waals surface area contributed by atoms with Gasteiger partial charge in [0.2, 0.25) is 5.91 Å². The molecule has 0 spiro atoms. The summed E-state index contributed by atoms with van der Waals surface area (Å²) in [5.74, 6) is 0.663. The minimum atomic E-state index is -0.0928. The van der Waals surface area contributed by atoms with Crippen LogP contribution in [0, 0.1) is 0 Å². The molecule has 0 saturated heterocycles. The van der Waals surface area contributed by atoms with E-state index in [9.17, 15) is 9.59 Å². The predicted octanol–water partition coefficient (Wildman–Crippen LogP) is 3.56. The van der Waals surface area contributed by atoms with Gasteiger partial charge in [-0.3, -0.25) is 9.59 Å². The monoisotopic (exact) mass is 421 g/mol. The van der Waals surface area contributed by atoms with Crippen LogP contribution in [0.4, 0.5) is 0 Å². The second kappa shape index (κ2) is 10.3. The van der Waals surface area contributed by atoms with Crippen LogP contribution in [0.5, 0.6) is 5.75 Å². The van der Waals surface area contributed by atoms with E-state index in [1.54, 1.807) is 30.9 Å². The molecule has 0 atom stereocenters. The first-order chi connectivity index (χ1) is 15.0. The number of hydrogen-bond donors (Lipinski definition) is 1. The molecule has 3 rings (SSSR count). The highest BCUT2D eigenvalue weighted by Crippen LogP contribution is 2.32. The van der Waals surface area contributed by atoms with Crippen molar-refractivity contribution in [2.24, 2.45) is 7.05 Å². The number of amides is 1. The zero-order chi connectivity index (χ0) is 22.4. The second-order valence-corrected chi connectivity index (χ2v) is 7.52. The molecule has 1 heterocycles. The van der Waals surface area contributed by atoms with E-state index >= 15 is 0 Å². The van der Waals surface area contributed by atoms with Crippen LogP contribution in [-0.4, -0.2) is 42.1 Å². The quantitative estimate of drug-likeness (QED) is 0.574. The SMILES string of the molecule is CCN(CC)CCC(=O)NCc1c(-c2ccccc2)c2cc(OC)ccc2c(=O)n1C. The maximum atomic E-state index is 13.1. The van der Waals surface area contributed by atoms with Gasteiger partial charge < -0.3 is 19.5 Å². The fourth-order valence-electron chi connectivity index (χ4n) is 3.87. The molecule has 3 aromatic rings. The Bertz CT molecular complexity index is 1100. The molecule has 0 saturated carbocycles. The number of methoxy groups -OCH3 is 1. The van der Waals surface area contributed by atoms with Crippen molar-refractivity contribution in [3.8, 4) is 16.9 Å². The van der Waals surface area contributed by atoms with Crippen LogP contribution in [-0.2, 0) is 18.4 Å². The van der Waals surface area contributed by atoms with Crippen molar-refractivity contribution < 1.29 is 9.53 Å². The van der Waals surface area contributed by atoms with E-state index < -0.39 is 0 Å². The molecule has 6 heteroatoms. The highest BCUT2D eigenvalue weighted by Gasteiger charge is 2.18. The Labute approximate surface area is 183 Å². The number of benzene rings is 2. The summed E-state index contributed by atoms with van der Waals surface area (Å²) < 4.78 is 7.05. The van der Waals surface area contributed by atoms with Gasteiger partial charge in [-0.1, -0.05) is 44.2 Å². The van der Waals surface area contributed by atoms with E-state index in [0.717, 1.165) is 41.8 Å². The number of nitrogens with one attached hydrogen (secondary N) is 1. The maximum Gasteiger partial charge on any atom is 0.258 e. The van der Waals surface area contributed by atoms with Crippen LogP contribution >= 0.6 is 0 Å². The smallest absolute Gasteiger partial charge is 0.258 e. The van der Waals surface area contributed by atoms with E-state index in [0.29, 0.717) is 17.6 Å². The van der Waals surface area contributed by atoms with Crippen LogP contribution in [0.3, 0.4) is 0 Å². The first kappa shape index (κ1) is 22.6. The third-order valence-electron chi connectivity index (χ3n) is 5.79. The second-order valence-electron chi connectivity index (χ2n) is 7.52. The fourth-order valence-corrected chi connectivity index (χ4v) is 3.87. The van der Waals surface area contributed by atoms with Crippen LogP contribution in [0.15, 0.2) is 53.3 Å². The summed E-state index contributed by atoms with van der Waals surface area (Å²) in [6.07, 6.45) is 0.428. The summed E-state index contributed by atoms with van der Waals surface area (Å²) in [6.45, 7) is 7.02. The summed E-state index contributed by atoms with van der Waals surface area (Å²) in [4.78, 5) is 27.8. The van der Waals surface area contributed by atoms with Crippen LogP contribution in [0.25, 0.3) is 21.9 Å². The lowest BCUT2D eigenvalue weighted by atomic mass is 9.96. The Kier molecular flexibility index (Phi) is 7.47. The molecule has 0 aliphatic rings. The van der Waals surface area contributed by atoms with Crippen LogP contribution < -0.4 is 15.6 Å². The Morgan fingerprint density at radius 3 is 2.42 bits per heavy atom. The minimum Gasteiger partial charge on any atom is -0.497 e. The van der Waals surface area contributed by atoms with Crippen molar-refractivity contribution in [1.82, 2.24) is 14.8 Å². The van der Waals surface area contributed by atoms with Gasteiger partial charge in [0.25, 0.3) is 5.56 Å². The Morgan fingerprint density at radius 2 is 1.77 bits per heavy atom. The first-order valence-corrected chi connectivity index (χ1v) is 10.7. The average molecular weight is 422 g/mol. The Hall–Kier alpha value is -3.12. The topological polar surface area (TPSA) is 63.6 Å². The van der Waals surface area contributed by atoms with Gasteiger partial charge in [0.1, 0.15) is 5.75 Å². The molecule has 164 valence electrons. The fraction of sp³-hybridized carbons (Fsp3) is 0.360. The van der Waals surface area contributed by atoms with E-state index in [-0.39, 0.29) is 18.0 Å². The molecule has 0 aliphatic carbocycles. The van der Waals surface area contributed by atoms with Gasteiger partial charge in [-0.2, -0.15) is 0 Å². The van der Waals surface area contributed by atoms with Crippen LogP contribution in [0.2, 0.25) is 0 Å². The zero-order valence-corrected chi connectivity index (χ0v) is 18.8. The highest BCUT2D eigenvalue weighted by molar-refractivity contribution is 5.98. The first-order valence-electron chi connectivity index (χ1n) is 10.7. The van der Waals surface area contributed by atoms with Gasteiger partial charge in [-0.05, 0) is 36.9 Å². The van der Waals surface area contributed by atoms with Crippen molar-refractivity contribution >= 4 is 16.7 Å². The molecule has 1 N–H and O–H groups in total. The van der Waals surface area contributed by atoms with Gasteiger partial charge in [0.15, 0.2) is 0 Å². The van der Waals surface area contributed by atoms with E-state index in [1.165, 1.54) is 0 Å². The molecule has 6 nitrogen and oxygen atoms in total. The molecular weight excluding hydrogens is 390 g/mol. The molecule has 1 amide bonds. The number of fused-ring (bicyclic) bond motifs is 1. The van der Waals surface area contributed by atoms with Crippen molar-refractivity contribution in [1.29, 1.82) is 0 Å². The molecule has 2 aromatic carbocycles. The molecule has 0 fully saturated rings. The van der Waals surface area contributed by atoms with Gasteiger partial charge in [-0.15, -0.1) is 0 Å². The maximum absolute atomic E-state index is 13.1. The third kappa shape index (κ3) is 4.97. The normalized spacial score (nSPS) is 11.1. The van der Waals surface area contributed by atoms with Crippen molar-refractivity contribution in [2.45, 2.75) is 26.8 Å². The van der Waals surface area contributed by atoms with E-state index in [2.05, 4.69) is 24.1 Å². The van der Waals surface area contributed by atoms with Gasteiger partial charge in [-0.25, -0.2) is 0 Å². The van der Waals surface area contributed by atoms with Crippen molar-refractivity contribution in [3.63, 3.8) is 0 Å². The number of carbonyl (C=O) groups is 1. The molecule has 0 unspecified atom stereocenters. The molecule has 0 radical (unpaired) electrons. The van der Waals surface area contributed by atoms with Gasteiger partial charge in [0, 0.05) is 42.0 Å².